The fourth-order valence-electron chi connectivity index (χ4n) is 2.62. The predicted molar refractivity (Wildman–Crippen MR) is 92.8 cm³/mol. The van der Waals surface area contributed by atoms with Crippen LogP contribution in [0.5, 0.6) is 0 Å². The first-order valence-corrected chi connectivity index (χ1v) is 8.52. The molecule has 2 aliphatic heterocycles. The number of halogens is 2. The minimum Gasteiger partial charge on any atom is -0.357 e. The van der Waals surface area contributed by atoms with E-state index in [1.807, 2.05) is 37.7 Å². The van der Waals surface area contributed by atoms with E-state index in [9.17, 15) is 0 Å². The Kier molecular flexibility index (Phi) is 4.20. The summed E-state index contributed by atoms with van der Waals surface area (Å²) in [5, 5.41) is 5.71. The number of thioether (sulfide) groups is 1. The van der Waals surface area contributed by atoms with E-state index in [4.69, 9.17) is 23.2 Å². The molecule has 1 aromatic carbocycles. The summed E-state index contributed by atoms with van der Waals surface area (Å²) in [7, 11) is 2.04. The van der Waals surface area contributed by atoms with Crippen LogP contribution >= 0.6 is 35.0 Å². The summed E-state index contributed by atoms with van der Waals surface area (Å²) in [6.45, 7) is 0. The van der Waals surface area contributed by atoms with Gasteiger partial charge in [-0.15, -0.1) is 0 Å². The number of benzene rings is 1. The number of fused-ring (bicyclic) bond motifs is 1. The van der Waals surface area contributed by atoms with Crippen LogP contribution in [-0.2, 0) is 0 Å². The molecule has 110 valence electrons. The summed E-state index contributed by atoms with van der Waals surface area (Å²) in [6, 6.07) is 5.60. The largest absolute Gasteiger partial charge is 0.357 e. The van der Waals surface area contributed by atoms with Crippen molar-refractivity contribution < 1.29 is 0 Å². The standard InChI is InChI=1S/C15H15Cl2N3S/c1-20-8-10(13-11(16)4-3-5-12(13)17)6-9-7-18-15(21-2)19-14(9)20/h3-5,7-8,14H,6H2,1-2H3,(H,18,19). The first-order chi connectivity index (χ1) is 10.1. The molecule has 1 aromatic rings. The van der Waals surface area contributed by atoms with Crippen LogP contribution in [0, 0.1) is 0 Å². The summed E-state index contributed by atoms with van der Waals surface area (Å²) in [4.78, 5) is 6.56. The van der Waals surface area contributed by atoms with Gasteiger partial charge in [0.2, 0.25) is 0 Å². The molecule has 1 atom stereocenters. The number of rotatable bonds is 1. The van der Waals surface area contributed by atoms with Crippen molar-refractivity contribution in [3.8, 4) is 0 Å². The summed E-state index contributed by atoms with van der Waals surface area (Å²) >= 11 is 14.3. The van der Waals surface area contributed by atoms with Crippen LogP contribution in [0.4, 0.5) is 0 Å². The number of amidine groups is 1. The van der Waals surface area contributed by atoms with Crippen LogP contribution in [0.2, 0.25) is 10.0 Å². The van der Waals surface area contributed by atoms with Crippen LogP contribution < -0.4 is 5.32 Å². The third kappa shape index (κ3) is 2.80. The van der Waals surface area contributed by atoms with Crippen molar-refractivity contribution in [2.75, 3.05) is 13.3 Å². The van der Waals surface area contributed by atoms with Crippen molar-refractivity contribution in [2.45, 2.75) is 12.6 Å². The second kappa shape index (κ2) is 5.95. The first-order valence-electron chi connectivity index (χ1n) is 6.54. The predicted octanol–water partition coefficient (Wildman–Crippen LogP) is 4.20. The van der Waals surface area contributed by atoms with Gasteiger partial charge in [0.25, 0.3) is 0 Å². The number of allylic oxidation sites excluding steroid dienone is 1. The molecule has 0 fully saturated rings. The first kappa shape index (κ1) is 14.8. The van der Waals surface area contributed by atoms with Gasteiger partial charge in [-0.1, -0.05) is 41.0 Å². The summed E-state index contributed by atoms with van der Waals surface area (Å²) in [5.74, 6) is 0. The van der Waals surface area contributed by atoms with E-state index in [-0.39, 0.29) is 6.17 Å². The summed E-state index contributed by atoms with van der Waals surface area (Å²) in [6.07, 6.45) is 7.00. The molecular weight excluding hydrogens is 325 g/mol. The molecule has 0 bridgehead atoms. The Morgan fingerprint density at radius 3 is 2.71 bits per heavy atom. The zero-order valence-electron chi connectivity index (χ0n) is 11.7. The fourth-order valence-corrected chi connectivity index (χ4v) is 3.65. The van der Waals surface area contributed by atoms with Crippen molar-refractivity contribution in [1.82, 2.24) is 10.2 Å². The average molecular weight is 340 g/mol. The van der Waals surface area contributed by atoms with Crippen molar-refractivity contribution in [1.29, 1.82) is 0 Å². The Hall–Kier alpha value is -1.10. The topological polar surface area (TPSA) is 27.6 Å². The van der Waals surface area contributed by atoms with Crippen LogP contribution in [0.25, 0.3) is 5.57 Å². The number of aliphatic imine (C=N–C) groups is 1. The van der Waals surface area contributed by atoms with Gasteiger partial charge in [0, 0.05) is 41.5 Å². The summed E-state index contributed by atoms with van der Waals surface area (Å²) in [5.41, 5.74) is 3.23. The second-order valence-electron chi connectivity index (χ2n) is 4.98. The van der Waals surface area contributed by atoms with Crippen LogP contribution in [0.15, 0.2) is 41.2 Å². The van der Waals surface area contributed by atoms with Gasteiger partial charge >= 0.3 is 0 Å². The molecule has 3 nitrogen and oxygen atoms in total. The molecule has 2 aliphatic rings. The van der Waals surface area contributed by atoms with Crippen LogP contribution in [0.3, 0.4) is 0 Å². The Balaban J connectivity index is 1.99. The van der Waals surface area contributed by atoms with E-state index >= 15 is 0 Å². The number of likely N-dealkylation sites (N-methyl/N-ethyl adjacent to an activating group) is 1. The van der Waals surface area contributed by atoms with Crippen molar-refractivity contribution >= 4 is 45.7 Å². The van der Waals surface area contributed by atoms with Crippen molar-refractivity contribution in [3.63, 3.8) is 0 Å². The second-order valence-corrected chi connectivity index (χ2v) is 6.59. The van der Waals surface area contributed by atoms with Crippen LogP contribution in [-0.4, -0.2) is 29.5 Å². The number of hydrogen-bond donors (Lipinski definition) is 1. The molecule has 0 saturated heterocycles. The Morgan fingerprint density at radius 2 is 2.05 bits per heavy atom. The van der Waals surface area contributed by atoms with Crippen molar-refractivity contribution in [3.05, 3.63) is 51.8 Å². The lowest BCUT2D eigenvalue weighted by atomic mass is 9.94. The van der Waals surface area contributed by atoms with Gasteiger partial charge in [-0.25, -0.2) is 4.99 Å². The maximum Gasteiger partial charge on any atom is 0.162 e. The van der Waals surface area contributed by atoms with Gasteiger partial charge in [-0.3, -0.25) is 0 Å². The fraction of sp³-hybridized carbons (Fsp3) is 0.267. The highest BCUT2D eigenvalue weighted by atomic mass is 35.5. The highest BCUT2D eigenvalue weighted by Crippen LogP contribution is 2.38. The molecule has 1 unspecified atom stereocenters. The van der Waals surface area contributed by atoms with Gasteiger partial charge in [-0.05, 0) is 29.5 Å². The zero-order chi connectivity index (χ0) is 15.0. The molecule has 0 saturated carbocycles. The number of hydrogen-bond acceptors (Lipinski definition) is 4. The smallest absolute Gasteiger partial charge is 0.162 e. The van der Waals surface area contributed by atoms with Crippen LogP contribution in [0.1, 0.15) is 12.0 Å². The highest BCUT2D eigenvalue weighted by molar-refractivity contribution is 8.13. The monoisotopic (exact) mass is 339 g/mol. The zero-order valence-corrected chi connectivity index (χ0v) is 14.1. The SMILES string of the molecule is CSC1=NC=C2CC(c3c(Cl)cccc3Cl)=CN(C)C2N1. The quantitative estimate of drug-likeness (QED) is 0.830. The number of nitrogens with zero attached hydrogens (tertiary/aromatic N) is 2. The summed E-state index contributed by atoms with van der Waals surface area (Å²) < 4.78 is 0. The molecule has 0 aliphatic carbocycles. The molecule has 6 heteroatoms. The molecule has 1 N–H and O–H groups in total. The van der Waals surface area contributed by atoms with E-state index in [0.717, 1.165) is 22.7 Å². The Bertz CT molecular complexity index is 647. The molecule has 3 rings (SSSR count). The van der Waals surface area contributed by atoms with Crippen molar-refractivity contribution in [2.24, 2.45) is 4.99 Å². The van der Waals surface area contributed by atoms with E-state index in [2.05, 4.69) is 21.4 Å². The van der Waals surface area contributed by atoms with Gasteiger partial charge in [0.15, 0.2) is 5.17 Å². The lowest BCUT2D eigenvalue weighted by Gasteiger charge is -2.37. The minimum atomic E-state index is 0.148. The number of nitrogens with one attached hydrogen (secondary N) is 1. The molecule has 0 amide bonds. The van der Waals surface area contributed by atoms with E-state index < -0.39 is 0 Å². The molecule has 0 spiro atoms. The Morgan fingerprint density at radius 1 is 1.33 bits per heavy atom. The molecule has 21 heavy (non-hydrogen) atoms. The van der Waals surface area contributed by atoms with Gasteiger partial charge in [0.1, 0.15) is 6.17 Å². The lowest BCUT2D eigenvalue weighted by molar-refractivity contribution is 0.336. The van der Waals surface area contributed by atoms with Gasteiger partial charge in [0.05, 0.1) is 0 Å². The average Bonchev–Trinajstić information content (AvgIpc) is 2.47. The van der Waals surface area contributed by atoms with E-state index in [0.29, 0.717) is 10.0 Å². The van der Waals surface area contributed by atoms with E-state index in [1.165, 1.54) is 5.57 Å². The highest BCUT2D eigenvalue weighted by Gasteiger charge is 2.28. The maximum atomic E-state index is 6.32. The molecular formula is C15H15Cl2N3S. The third-order valence-electron chi connectivity index (χ3n) is 3.60. The maximum absolute atomic E-state index is 6.32. The normalized spacial score (nSPS) is 21.0. The minimum absolute atomic E-state index is 0.148. The lowest BCUT2D eigenvalue weighted by Crippen LogP contribution is -2.47. The van der Waals surface area contributed by atoms with E-state index in [1.54, 1.807) is 11.8 Å². The third-order valence-corrected chi connectivity index (χ3v) is 4.84. The van der Waals surface area contributed by atoms with Gasteiger partial charge in [-0.2, -0.15) is 0 Å². The Labute approximate surface area is 138 Å². The molecule has 0 radical (unpaired) electrons. The molecule has 0 aromatic heterocycles. The molecule has 2 heterocycles. The van der Waals surface area contributed by atoms with Gasteiger partial charge < -0.3 is 10.2 Å².